The summed E-state index contributed by atoms with van der Waals surface area (Å²) in [6.45, 7) is 2.26. The van der Waals surface area contributed by atoms with E-state index in [0.717, 1.165) is 24.8 Å². The predicted molar refractivity (Wildman–Crippen MR) is 119 cm³/mol. The molecule has 31 heavy (non-hydrogen) atoms. The number of methoxy groups -OCH3 is 1. The number of hydrogen-bond acceptors (Lipinski definition) is 7. The molecule has 3 rings (SSSR count). The van der Waals surface area contributed by atoms with Crippen LogP contribution in [0.1, 0.15) is 36.7 Å². The van der Waals surface area contributed by atoms with Crippen molar-refractivity contribution in [1.29, 1.82) is 0 Å². The first-order valence-corrected chi connectivity index (χ1v) is 10.2. The number of unbranched alkanes of at least 4 members (excludes halogenated alkanes) is 1. The molecule has 0 aliphatic carbocycles. The molecular formula is C21H23N5O4S. The summed E-state index contributed by atoms with van der Waals surface area (Å²) in [4.78, 5) is 11.2. The van der Waals surface area contributed by atoms with Crippen LogP contribution in [0.5, 0.6) is 11.5 Å². The largest absolute Gasteiger partial charge is 0.493 e. The zero-order chi connectivity index (χ0) is 22.2. The summed E-state index contributed by atoms with van der Waals surface area (Å²) < 4.78 is 13.0. The van der Waals surface area contributed by atoms with E-state index in [2.05, 4.69) is 22.2 Å². The Balaban J connectivity index is 1.91. The molecule has 10 heteroatoms. The molecule has 1 N–H and O–H groups in total. The first-order valence-electron chi connectivity index (χ1n) is 9.77. The summed E-state index contributed by atoms with van der Waals surface area (Å²) in [5.41, 5.74) is 1.15. The minimum absolute atomic E-state index is 0.0667. The van der Waals surface area contributed by atoms with Crippen molar-refractivity contribution in [3.63, 3.8) is 0 Å². The van der Waals surface area contributed by atoms with Gasteiger partial charge in [-0.3, -0.25) is 15.2 Å². The Kier molecular flexibility index (Phi) is 7.50. The smallest absolute Gasteiger partial charge is 0.315 e. The van der Waals surface area contributed by atoms with E-state index < -0.39 is 4.92 Å². The highest BCUT2D eigenvalue weighted by Gasteiger charge is 2.22. The first-order chi connectivity index (χ1) is 15.0. The third-order valence-electron chi connectivity index (χ3n) is 4.49. The second kappa shape index (κ2) is 10.5. The highest BCUT2D eigenvalue weighted by atomic mass is 32.1. The molecule has 0 amide bonds. The molecule has 0 aliphatic heterocycles. The molecule has 0 saturated heterocycles. The zero-order valence-electron chi connectivity index (χ0n) is 17.3. The molecule has 0 fully saturated rings. The summed E-state index contributed by atoms with van der Waals surface area (Å²) in [5.74, 6) is 1.01. The Hall–Kier alpha value is -3.53. The van der Waals surface area contributed by atoms with E-state index in [1.54, 1.807) is 6.07 Å². The van der Waals surface area contributed by atoms with E-state index in [4.69, 9.17) is 21.7 Å². The quantitative estimate of drug-likeness (QED) is 0.212. The maximum absolute atomic E-state index is 11.7. The molecule has 0 radical (unpaired) electrons. The van der Waals surface area contributed by atoms with Crippen LogP contribution < -0.4 is 9.47 Å². The Morgan fingerprint density at radius 1 is 1.32 bits per heavy atom. The Labute approximate surface area is 184 Å². The lowest BCUT2D eigenvalue weighted by Gasteiger charge is -2.12. The van der Waals surface area contributed by atoms with Gasteiger partial charge >= 0.3 is 5.69 Å². The number of nitrogens with one attached hydrogen (secondary N) is 1. The van der Waals surface area contributed by atoms with Crippen molar-refractivity contribution in [1.82, 2.24) is 14.9 Å². The van der Waals surface area contributed by atoms with E-state index >= 15 is 0 Å². The fourth-order valence-electron chi connectivity index (χ4n) is 2.91. The van der Waals surface area contributed by atoms with E-state index in [0.29, 0.717) is 16.2 Å². The van der Waals surface area contributed by atoms with Crippen LogP contribution in [0.2, 0.25) is 0 Å². The number of benzene rings is 2. The molecule has 1 aromatic heterocycles. The lowest BCUT2D eigenvalue weighted by atomic mass is 10.1. The van der Waals surface area contributed by atoms with E-state index in [9.17, 15) is 10.1 Å². The van der Waals surface area contributed by atoms with Crippen molar-refractivity contribution in [3.8, 4) is 11.5 Å². The number of nitrogens with zero attached hydrogens (tertiary/aromatic N) is 4. The fourth-order valence-corrected chi connectivity index (χ4v) is 3.11. The van der Waals surface area contributed by atoms with E-state index in [-0.39, 0.29) is 23.8 Å². The lowest BCUT2D eigenvalue weighted by molar-refractivity contribution is -0.386. The number of ether oxygens (including phenoxy) is 2. The number of hydrogen-bond donors (Lipinski definition) is 1. The maximum Gasteiger partial charge on any atom is 0.315 e. The van der Waals surface area contributed by atoms with Crippen LogP contribution in [0.4, 0.5) is 5.69 Å². The zero-order valence-corrected chi connectivity index (χ0v) is 18.1. The topological polar surface area (TPSA) is 108 Å². The van der Waals surface area contributed by atoms with Gasteiger partial charge in [0.25, 0.3) is 0 Å². The Morgan fingerprint density at radius 3 is 2.77 bits per heavy atom. The minimum atomic E-state index is -0.504. The maximum atomic E-state index is 11.7. The molecule has 9 nitrogen and oxygen atoms in total. The summed E-state index contributed by atoms with van der Waals surface area (Å²) >= 11 is 5.23. The van der Waals surface area contributed by atoms with Gasteiger partial charge in [-0.1, -0.05) is 43.7 Å². The van der Waals surface area contributed by atoms with Crippen molar-refractivity contribution in [2.75, 3.05) is 7.11 Å². The van der Waals surface area contributed by atoms with Crippen LogP contribution in [-0.2, 0) is 13.0 Å². The molecule has 2 aromatic carbocycles. The molecule has 0 saturated carbocycles. The fraction of sp³-hybridized carbons (Fsp3) is 0.286. The highest BCUT2D eigenvalue weighted by molar-refractivity contribution is 7.71. The van der Waals surface area contributed by atoms with Crippen molar-refractivity contribution >= 4 is 24.1 Å². The highest BCUT2D eigenvalue weighted by Crippen LogP contribution is 2.38. The second-order valence-electron chi connectivity index (χ2n) is 6.71. The minimum Gasteiger partial charge on any atom is -0.493 e. The number of nitro benzene ring substituents is 1. The van der Waals surface area contributed by atoms with Crippen LogP contribution in [0.15, 0.2) is 47.6 Å². The van der Waals surface area contributed by atoms with Crippen molar-refractivity contribution in [3.05, 3.63) is 74.3 Å². The predicted octanol–water partition coefficient (Wildman–Crippen LogP) is 4.66. The van der Waals surface area contributed by atoms with Gasteiger partial charge in [0.2, 0.25) is 10.5 Å². The molecule has 3 aromatic rings. The van der Waals surface area contributed by atoms with Gasteiger partial charge in [0.1, 0.15) is 6.61 Å². The van der Waals surface area contributed by atoms with Crippen molar-refractivity contribution < 1.29 is 14.4 Å². The van der Waals surface area contributed by atoms with E-state index in [1.165, 1.54) is 24.1 Å². The van der Waals surface area contributed by atoms with Crippen LogP contribution in [-0.4, -0.2) is 33.1 Å². The number of aryl methyl sites for hydroxylation is 1. The average Bonchev–Trinajstić information content (AvgIpc) is 3.14. The second-order valence-corrected chi connectivity index (χ2v) is 7.09. The van der Waals surface area contributed by atoms with Gasteiger partial charge < -0.3 is 9.47 Å². The molecule has 1 heterocycles. The standard InChI is InChI=1S/C21H23N5O4S/c1-3-4-10-19-23-24-21(31)25(19)22-13-16-11-17(26(27)28)20(18(12-16)29-2)30-14-15-8-6-5-7-9-15/h5-9,11-13H,3-4,10,14H2,1-2H3,(H,24,31)/b22-13-. The number of aromatic nitrogens is 3. The molecule has 0 atom stereocenters. The van der Waals surface area contributed by atoms with Crippen LogP contribution in [0, 0.1) is 14.9 Å². The van der Waals surface area contributed by atoms with Gasteiger partial charge in [0.15, 0.2) is 11.6 Å². The van der Waals surface area contributed by atoms with E-state index in [1.807, 2.05) is 30.3 Å². The summed E-state index contributed by atoms with van der Waals surface area (Å²) in [6, 6.07) is 12.4. The summed E-state index contributed by atoms with van der Waals surface area (Å²) in [7, 11) is 1.43. The number of nitro groups is 1. The molecule has 162 valence electrons. The van der Waals surface area contributed by atoms with Gasteiger partial charge in [-0.25, -0.2) is 0 Å². The SMILES string of the molecule is CCCCc1n[nH]c(=S)n1/N=C\c1cc(OC)c(OCc2ccccc2)c([N+](=O)[O-])c1. The van der Waals surface area contributed by atoms with Crippen molar-refractivity contribution in [2.24, 2.45) is 5.10 Å². The molecule has 0 aliphatic rings. The lowest BCUT2D eigenvalue weighted by Crippen LogP contribution is -2.03. The molecule has 0 unspecified atom stereocenters. The van der Waals surface area contributed by atoms with Gasteiger partial charge in [0, 0.05) is 18.1 Å². The monoisotopic (exact) mass is 441 g/mol. The van der Waals surface area contributed by atoms with Gasteiger partial charge in [-0.15, -0.1) is 0 Å². The van der Waals surface area contributed by atoms with Gasteiger partial charge in [-0.05, 0) is 30.3 Å². The number of rotatable bonds is 10. The van der Waals surface area contributed by atoms with Crippen LogP contribution in [0.25, 0.3) is 0 Å². The van der Waals surface area contributed by atoms with Crippen LogP contribution >= 0.6 is 12.2 Å². The van der Waals surface area contributed by atoms with Gasteiger partial charge in [0.05, 0.1) is 18.2 Å². The molecule has 0 spiro atoms. The summed E-state index contributed by atoms with van der Waals surface area (Å²) in [5, 5.41) is 23.0. The third kappa shape index (κ3) is 5.54. The third-order valence-corrected chi connectivity index (χ3v) is 4.76. The Morgan fingerprint density at radius 2 is 2.10 bits per heavy atom. The number of aromatic amines is 1. The molecule has 0 bridgehead atoms. The van der Waals surface area contributed by atoms with Gasteiger partial charge in [-0.2, -0.15) is 14.9 Å². The van der Waals surface area contributed by atoms with Crippen molar-refractivity contribution in [2.45, 2.75) is 32.8 Å². The summed E-state index contributed by atoms with van der Waals surface area (Å²) in [6.07, 6.45) is 4.16. The van der Waals surface area contributed by atoms with Crippen LogP contribution in [0.3, 0.4) is 0 Å². The first kappa shape index (κ1) is 22.2. The average molecular weight is 442 g/mol. The Bertz CT molecular complexity index is 1120. The molecular weight excluding hydrogens is 418 g/mol. The normalized spacial score (nSPS) is 11.0. The number of H-pyrrole nitrogens is 1.